The average molecular weight is 472 g/mol. The van der Waals surface area contributed by atoms with Gasteiger partial charge in [0.05, 0.1) is 11.6 Å². The summed E-state index contributed by atoms with van der Waals surface area (Å²) in [6, 6.07) is 9.09. The molecule has 2 aromatic heterocycles. The Balaban J connectivity index is 1.45. The Morgan fingerprint density at radius 3 is 2.81 bits per heavy atom. The lowest BCUT2D eigenvalue weighted by Gasteiger charge is -2.17. The maximum Gasteiger partial charge on any atom is 0.269 e. The van der Waals surface area contributed by atoms with Crippen LogP contribution in [0.15, 0.2) is 47.5 Å². The summed E-state index contributed by atoms with van der Waals surface area (Å²) in [7, 11) is -3.93. The number of hydrogen-bond acceptors (Lipinski definition) is 7. The highest BCUT2D eigenvalue weighted by atomic mass is 32.2. The molecule has 5 rings (SSSR count). The van der Waals surface area contributed by atoms with Crippen LogP contribution < -0.4 is 5.32 Å². The first-order valence-corrected chi connectivity index (χ1v) is 13.1. The van der Waals surface area contributed by atoms with Gasteiger partial charge in [-0.1, -0.05) is 6.07 Å². The van der Waals surface area contributed by atoms with Crippen LogP contribution in [-0.4, -0.2) is 57.2 Å². The van der Waals surface area contributed by atoms with Gasteiger partial charge in [-0.2, -0.15) is 11.8 Å². The zero-order chi connectivity index (χ0) is 22.5. The van der Waals surface area contributed by atoms with Crippen molar-refractivity contribution in [3.05, 3.63) is 59.5 Å². The van der Waals surface area contributed by atoms with Crippen LogP contribution >= 0.6 is 11.8 Å². The predicted molar refractivity (Wildman–Crippen MR) is 119 cm³/mol. The summed E-state index contributed by atoms with van der Waals surface area (Å²) in [5.41, 5.74) is 0.977. The molecule has 3 heterocycles. The fraction of sp³-hybridized carbons (Fsp3) is 0.333. The third kappa shape index (κ3) is 3.45. The highest BCUT2D eigenvalue weighted by Gasteiger charge is 2.48. The number of fused-ring (bicyclic) bond motifs is 2. The van der Waals surface area contributed by atoms with E-state index in [9.17, 15) is 18.0 Å². The molecule has 1 aliphatic carbocycles. The summed E-state index contributed by atoms with van der Waals surface area (Å²) in [5.74, 6) is 0.448. The summed E-state index contributed by atoms with van der Waals surface area (Å²) in [6.07, 6.45) is 5.79. The van der Waals surface area contributed by atoms with Gasteiger partial charge in [0.25, 0.3) is 21.8 Å². The molecule has 11 heteroatoms. The number of amides is 2. The molecule has 0 saturated heterocycles. The fourth-order valence-electron chi connectivity index (χ4n) is 3.90. The van der Waals surface area contributed by atoms with Gasteiger partial charge >= 0.3 is 0 Å². The second-order valence-corrected chi connectivity index (χ2v) is 10.6. The van der Waals surface area contributed by atoms with Gasteiger partial charge in [-0.15, -0.1) is 10.2 Å². The molecule has 3 aromatic rings. The third-order valence-electron chi connectivity index (χ3n) is 5.66. The van der Waals surface area contributed by atoms with Gasteiger partial charge in [0.2, 0.25) is 0 Å². The number of pyridine rings is 1. The van der Waals surface area contributed by atoms with E-state index in [0.29, 0.717) is 30.7 Å². The van der Waals surface area contributed by atoms with Crippen molar-refractivity contribution in [2.75, 3.05) is 12.0 Å². The highest BCUT2D eigenvalue weighted by molar-refractivity contribution is 7.98. The van der Waals surface area contributed by atoms with Crippen molar-refractivity contribution < 1.29 is 18.0 Å². The van der Waals surface area contributed by atoms with Crippen LogP contribution in [0.1, 0.15) is 51.8 Å². The van der Waals surface area contributed by atoms with Crippen molar-refractivity contribution in [2.45, 2.75) is 36.2 Å². The van der Waals surface area contributed by atoms with E-state index >= 15 is 0 Å². The number of hydrogen-bond donors (Lipinski definition) is 1. The number of carbonyl (C=O) groups is 2. The summed E-state index contributed by atoms with van der Waals surface area (Å²) in [6.45, 7) is 0. The highest BCUT2D eigenvalue weighted by Crippen LogP contribution is 2.39. The minimum Gasteiger partial charge on any atom is -0.342 e. The Morgan fingerprint density at radius 2 is 2.06 bits per heavy atom. The monoisotopic (exact) mass is 471 g/mol. The molecule has 2 amide bonds. The molecule has 1 N–H and O–H groups in total. The molecule has 2 aliphatic rings. The van der Waals surface area contributed by atoms with Gasteiger partial charge in [-0.05, 0) is 61.6 Å². The summed E-state index contributed by atoms with van der Waals surface area (Å²) < 4.78 is 28.6. The molecule has 1 fully saturated rings. The molecule has 1 aliphatic heterocycles. The van der Waals surface area contributed by atoms with Crippen LogP contribution in [0.2, 0.25) is 0 Å². The number of thioether (sulfide) groups is 1. The van der Waals surface area contributed by atoms with E-state index < -0.39 is 27.9 Å². The maximum absolute atomic E-state index is 13.1. The van der Waals surface area contributed by atoms with Gasteiger partial charge in [0.1, 0.15) is 4.90 Å². The lowest BCUT2D eigenvalue weighted by Crippen LogP contribution is -2.32. The lowest BCUT2D eigenvalue weighted by atomic mass is 10.1. The first-order chi connectivity index (χ1) is 15.4. The minimum absolute atomic E-state index is 0.101. The summed E-state index contributed by atoms with van der Waals surface area (Å²) in [4.78, 5) is 25.6. The first kappa shape index (κ1) is 21.0. The van der Waals surface area contributed by atoms with Crippen molar-refractivity contribution in [1.29, 1.82) is 0 Å². The molecule has 1 atom stereocenters. The number of rotatable bonds is 7. The molecule has 0 spiro atoms. The number of benzene rings is 1. The standard InChI is InChI=1S/C21H21N5O4S2/c1-31-11-9-16(19-24-23-18-4-2-3-10-25(18)19)22-20(27)13-5-8-15-17(12-13)32(29,30)26(21(15)28)14-6-7-14/h2-5,8,10,12,14,16H,6-7,9,11H2,1H3,(H,22,27). The molecule has 9 nitrogen and oxygen atoms in total. The van der Waals surface area contributed by atoms with Crippen molar-refractivity contribution in [2.24, 2.45) is 0 Å². The van der Waals surface area contributed by atoms with Crippen LogP contribution in [0.5, 0.6) is 0 Å². The van der Waals surface area contributed by atoms with Crippen molar-refractivity contribution >= 4 is 39.2 Å². The maximum atomic E-state index is 13.1. The van der Waals surface area contributed by atoms with Gasteiger partial charge in [-0.3, -0.25) is 14.0 Å². The van der Waals surface area contributed by atoms with Crippen LogP contribution in [0.25, 0.3) is 5.65 Å². The zero-order valence-corrected chi connectivity index (χ0v) is 18.9. The van der Waals surface area contributed by atoms with E-state index in [4.69, 9.17) is 0 Å². The summed E-state index contributed by atoms with van der Waals surface area (Å²) in [5, 5.41) is 11.4. The Bertz CT molecular complexity index is 1330. The topological polar surface area (TPSA) is 114 Å². The lowest BCUT2D eigenvalue weighted by molar-refractivity contribution is 0.0863. The number of nitrogens with zero attached hydrogens (tertiary/aromatic N) is 4. The van der Waals surface area contributed by atoms with Crippen molar-refractivity contribution in [3.8, 4) is 0 Å². The Morgan fingerprint density at radius 1 is 1.25 bits per heavy atom. The minimum atomic E-state index is -3.93. The molecule has 32 heavy (non-hydrogen) atoms. The Kier molecular flexibility index (Phi) is 5.17. The van der Waals surface area contributed by atoms with Gasteiger partial charge in [-0.25, -0.2) is 12.7 Å². The second-order valence-electron chi connectivity index (χ2n) is 7.84. The van der Waals surface area contributed by atoms with Crippen LogP contribution in [0.4, 0.5) is 0 Å². The van der Waals surface area contributed by atoms with Gasteiger partial charge in [0, 0.05) is 17.8 Å². The molecule has 1 aromatic carbocycles. The number of nitrogens with one attached hydrogen (secondary N) is 1. The fourth-order valence-corrected chi connectivity index (χ4v) is 6.21. The Hall–Kier alpha value is -2.92. The largest absolute Gasteiger partial charge is 0.342 e. The first-order valence-electron chi connectivity index (χ1n) is 10.2. The molecule has 166 valence electrons. The number of aromatic nitrogens is 3. The van der Waals surface area contributed by atoms with Crippen molar-refractivity contribution in [1.82, 2.24) is 24.2 Å². The average Bonchev–Trinajstić information content (AvgIpc) is 3.48. The van der Waals surface area contributed by atoms with E-state index in [0.717, 1.165) is 10.1 Å². The third-order valence-corrected chi connectivity index (χ3v) is 8.18. The quantitative estimate of drug-likeness (QED) is 0.562. The molecule has 1 saturated carbocycles. The second kappa shape index (κ2) is 7.89. The van der Waals surface area contributed by atoms with Crippen LogP contribution in [0, 0.1) is 0 Å². The molecule has 1 unspecified atom stereocenters. The van der Waals surface area contributed by atoms with E-state index in [1.807, 2.05) is 35.1 Å². The Labute approximate surface area is 189 Å². The number of carbonyl (C=O) groups excluding carboxylic acids is 2. The van der Waals surface area contributed by atoms with E-state index in [-0.39, 0.29) is 22.1 Å². The van der Waals surface area contributed by atoms with Crippen molar-refractivity contribution in [3.63, 3.8) is 0 Å². The van der Waals surface area contributed by atoms with Crippen LogP contribution in [0.3, 0.4) is 0 Å². The van der Waals surface area contributed by atoms with E-state index in [2.05, 4.69) is 15.5 Å². The summed E-state index contributed by atoms with van der Waals surface area (Å²) >= 11 is 1.65. The molecule has 0 radical (unpaired) electrons. The predicted octanol–water partition coefficient (Wildman–Crippen LogP) is 2.26. The smallest absolute Gasteiger partial charge is 0.269 e. The van der Waals surface area contributed by atoms with E-state index in [1.165, 1.54) is 18.2 Å². The molecule has 0 bridgehead atoms. The zero-order valence-electron chi connectivity index (χ0n) is 17.3. The number of sulfonamides is 1. The van der Waals surface area contributed by atoms with Gasteiger partial charge in [0.15, 0.2) is 11.5 Å². The molecular weight excluding hydrogens is 450 g/mol. The SMILES string of the molecule is CSCCC(NC(=O)c1ccc2c(c1)S(=O)(=O)N(C1CC1)C2=O)c1nnc2ccccn12. The van der Waals surface area contributed by atoms with Gasteiger partial charge < -0.3 is 5.32 Å². The van der Waals surface area contributed by atoms with E-state index in [1.54, 1.807) is 11.8 Å². The van der Waals surface area contributed by atoms with Crippen LogP contribution in [-0.2, 0) is 10.0 Å². The normalized spacial score (nSPS) is 18.0. The molecular formula is C21H21N5O4S2.